The van der Waals surface area contributed by atoms with Crippen molar-refractivity contribution >= 4 is 34.8 Å². The molecule has 0 saturated carbocycles. The third-order valence-corrected chi connectivity index (χ3v) is 3.24. The Labute approximate surface area is 120 Å². The van der Waals surface area contributed by atoms with Gasteiger partial charge in [0.05, 0.1) is 0 Å². The number of carbonyl (C=O) groups excluding carboxylic acids is 1. The molecule has 0 unspecified atom stereocenters. The van der Waals surface area contributed by atoms with Gasteiger partial charge < -0.3 is 11.5 Å². The van der Waals surface area contributed by atoms with Crippen molar-refractivity contribution in [2.45, 2.75) is 6.42 Å². The van der Waals surface area contributed by atoms with Gasteiger partial charge in [0.25, 0.3) is 5.91 Å². The monoisotopic (exact) mass is 295 g/mol. The predicted octanol–water partition coefficient (Wildman–Crippen LogP) is 2.66. The van der Waals surface area contributed by atoms with Gasteiger partial charge in [0.2, 0.25) is 0 Å². The minimum Gasteiger partial charge on any atom is -0.398 e. The largest absolute Gasteiger partial charge is 0.398 e. The third-order valence-electron chi connectivity index (χ3n) is 2.69. The molecule has 2 aromatic rings. The lowest BCUT2D eigenvalue weighted by Crippen LogP contribution is -2.16. The Bertz CT molecular complexity index is 621. The highest BCUT2D eigenvalue weighted by molar-refractivity contribution is 6.35. The van der Waals surface area contributed by atoms with Gasteiger partial charge in [-0.25, -0.2) is 0 Å². The molecule has 1 amide bonds. The van der Waals surface area contributed by atoms with E-state index in [9.17, 15) is 4.79 Å². The summed E-state index contributed by atoms with van der Waals surface area (Å²) < 4.78 is 0. The Morgan fingerprint density at radius 1 is 1.32 bits per heavy atom. The Morgan fingerprint density at radius 2 is 2.05 bits per heavy atom. The standard InChI is InChI=1S/C13H11Cl2N3O/c14-8-5-10(15)9(11(16)6-8)4-7-2-1-3-18-12(7)13(17)19/h1-3,5-6H,4,16H2,(H2,17,19). The Balaban J connectivity index is 2.45. The number of pyridine rings is 1. The van der Waals surface area contributed by atoms with Crippen LogP contribution in [-0.2, 0) is 6.42 Å². The van der Waals surface area contributed by atoms with E-state index in [-0.39, 0.29) is 5.69 Å². The van der Waals surface area contributed by atoms with E-state index in [0.717, 1.165) is 0 Å². The number of hydrogen-bond acceptors (Lipinski definition) is 3. The number of amides is 1. The van der Waals surface area contributed by atoms with Crippen LogP contribution in [0.15, 0.2) is 30.5 Å². The quantitative estimate of drug-likeness (QED) is 0.854. The molecule has 0 fully saturated rings. The average Bonchev–Trinajstić information content (AvgIpc) is 2.34. The van der Waals surface area contributed by atoms with Crippen molar-refractivity contribution in [2.24, 2.45) is 5.73 Å². The molecule has 0 saturated heterocycles. The number of hydrogen-bond donors (Lipinski definition) is 2. The number of benzene rings is 1. The fourth-order valence-electron chi connectivity index (χ4n) is 1.80. The summed E-state index contributed by atoms with van der Waals surface area (Å²) in [6.07, 6.45) is 1.88. The second-order valence-electron chi connectivity index (χ2n) is 4.01. The summed E-state index contributed by atoms with van der Waals surface area (Å²) in [6.45, 7) is 0. The predicted molar refractivity (Wildman–Crippen MR) is 76.4 cm³/mol. The van der Waals surface area contributed by atoms with E-state index in [1.165, 1.54) is 6.20 Å². The van der Waals surface area contributed by atoms with Crippen molar-refractivity contribution in [3.63, 3.8) is 0 Å². The number of carbonyl (C=O) groups is 1. The molecule has 0 bridgehead atoms. The van der Waals surface area contributed by atoms with Gasteiger partial charge in [0.15, 0.2) is 0 Å². The van der Waals surface area contributed by atoms with Gasteiger partial charge in [-0.05, 0) is 29.3 Å². The van der Waals surface area contributed by atoms with Crippen LogP contribution in [0, 0.1) is 0 Å². The zero-order chi connectivity index (χ0) is 14.0. The molecular weight excluding hydrogens is 285 g/mol. The summed E-state index contributed by atoms with van der Waals surface area (Å²) in [7, 11) is 0. The SMILES string of the molecule is NC(=O)c1ncccc1Cc1c(N)cc(Cl)cc1Cl. The summed E-state index contributed by atoms with van der Waals surface area (Å²) in [5.74, 6) is -0.584. The Kier molecular flexibility index (Phi) is 3.93. The molecule has 0 radical (unpaired) electrons. The fourth-order valence-corrected chi connectivity index (χ4v) is 2.38. The second-order valence-corrected chi connectivity index (χ2v) is 4.85. The van der Waals surface area contributed by atoms with Crippen molar-refractivity contribution in [1.82, 2.24) is 4.98 Å². The normalized spacial score (nSPS) is 10.4. The van der Waals surface area contributed by atoms with Crippen LogP contribution in [0.3, 0.4) is 0 Å². The molecule has 0 aliphatic rings. The van der Waals surface area contributed by atoms with Gasteiger partial charge in [0, 0.05) is 28.4 Å². The van der Waals surface area contributed by atoms with Gasteiger partial charge in [-0.3, -0.25) is 9.78 Å². The molecule has 0 atom stereocenters. The maximum absolute atomic E-state index is 11.3. The van der Waals surface area contributed by atoms with Crippen molar-refractivity contribution in [3.8, 4) is 0 Å². The van der Waals surface area contributed by atoms with E-state index in [0.29, 0.717) is 33.3 Å². The van der Waals surface area contributed by atoms with Gasteiger partial charge >= 0.3 is 0 Å². The maximum Gasteiger partial charge on any atom is 0.267 e. The summed E-state index contributed by atoms with van der Waals surface area (Å²) in [5, 5.41) is 0.914. The van der Waals surface area contributed by atoms with Crippen LogP contribution in [0.2, 0.25) is 10.0 Å². The number of aromatic nitrogens is 1. The molecule has 4 nitrogen and oxygen atoms in total. The van der Waals surface area contributed by atoms with E-state index in [1.54, 1.807) is 24.3 Å². The molecule has 19 heavy (non-hydrogen) atoms. The number of anilines is 1. The lowest BCUT2D eigenvalue weighted by atomic mass is 10.0. The zero-order valence-corrected chi connectivity index (χ0v) is 11.4. The maximum atomic E-state index is 11.3. The molecule has 0 spiro atoms. The highest BCUT2D eigenvalue weighted by Gasteiger charge is 2.13. The lowest BCUT2D eigenvalue weighted by Gasteiger charge is -2.10. The van der Waals surface area contributed by atoms with E-state index < -0.39 is 5.91 Å². The summed E-state index contributed by atoms with van der Waals surface area (Å²) >= 11 is 12.0. The first kappa shape index (κ1) is 13.6. The number of rotatable bonds is 3. The number of nitrogens with two attached hydrogens (primary N) is 2. The van der Waals surface area contributed by atoms with E-state index >= 15 is 0 Å². The van der Waals surface area contributed by atoms with Crippen LogP contribution in [0.5, 0.6) is 0 Å². The smallest absolute Gasteiger partial charge is 0.267 e. The molecule has 6 heteroatoms. The number of halogens is 2. The number of primary amides is 1. The molecule has 0 aliphatic heterocycles. The Hall–Kier alpha value is -1.78. The highest BCUT2D eigenvalue weighted by atomic mass is 35.5. The van der Waals surface area contributed by atoms with Crippen LogP contribution >= 0.6 is 23.2 Å². The first-order valence-electron chi connectivity index (χ1n) is 5.46. The topological polar surface area (TPSA) is 82.0 Å². The van der Waals surface area contributed by atoms with Crippen molar-refractivity contribution in [2.75, 3.05) is 5.73 Å². The molecular formula is C13H11Cl2N3O. The minimum absolute atomic E-state index is 0.216. The van der Waals surface area contributed by atoms with Gasteiger partial charge in [-0.2, -0.15) is 0 Å². The average molecular weight is 296 g/mol. The molecule has 2 rings (SSSR count). The van der Waals surface area contributed by atoms with Crippen LogP contribution < -0.4 is 11.5 Å². The molecule has 1 aromatic carbocycles. The highest BCUT2D eigenvalue weighted by Crippen LogP contribution is 2.29. The van der Waals surface area contributed by atoms with Crippen LogP contribution in [-0.4, -0.2) is 10.9 Å². The van der Waals surface area contributed by atoms with Crippen LogP contribution in [0.25, 0.3) is 0 Å². The third kappa shape index (κ3) is 2.97. The van der Waals surface area contributed by atoms with Gasteiger partial charge in [0.1, 0.15) is 5.69 Å². The fraction of sp³-hybridized carbons (Fsp3) is 0.0769. The molecule has 0 aliphatic carbocycles. The lowest BCUT2D eigenvalue weighted by molar-refractivity contribution is 0.0994. The van der Waals surface area contributed by atoms with Crippen molar-refractivity contribution in [1.29, 1.82) is 0 Å². The molecule has 1 aromatic heterocycles. The number of nitrogens with zero attached hydrogens (tertiary/aromatic N) is 1. The first-order valence-corrected chi connectivity index (χ1v) is 6.21. The van der Waals surface area contributed by atoms with Gasteiger partial charge in [-0.15, -0.1) is 0 Å². The van der Waals surface area contributed by atoms with E-state index in [4.69, 9.17) is 34.7 Å². The van der Waals surface area contributed by atoms with E-state index in [1.807, 2.05) is 0 Å². The van der Waals surface area contributed by atoms with Crippen molar-refractivity contribution in [3.05, 3.63) is 57.3 Å². The summed E-state index contributed by atoms with van der Waals surface area (Å²) in [6, 6.07) is 6.71. The minimum atomic E-state index is -0.584. The second kappa shape index (κ2) is 5.47. The first-order chi connectivity index (χ1) is 8.99. The molecule has 4 N–H and O–H groups in total. The molecule has 98 valence electrons. The van der Waals surface area contributed by atoms with Crippen LogP contribution in [0.4, 0.5) is 5.69 Å². The number of nitrogen functional groups attached to an aromatic ring is 1. The van der Waals surface area contributed by atoms with E-state index in [2.05, 4.69) is 4.98 Å². The van der Waals surface area contributed by atoms with Crippen LogP contribution in [0.1, 0.15) is 21.6 Å². The summed E-state index contributed by atoms with van der Waals surface area (Å²) in [4.78, 5) is 15.3. The zero-order valence-electron chi connectivity index (χ0n) is 9.86. The summed E-state index contributed by atoms with van der Waals surface area (Å²) in [5.41, 5.74) is 13.2. The molecule has 1 heterocycles. The van der Waals surface area contributed by atoms with Crippen molar-refractivity contribution < 1.29 is 4.79 Å². The Morgan fingerprint density at radius 3 is 2.68 bits per heavy atom. The van der Waals surface area contributed by atoms with Gasteiger partial charge in [-0.1, -0.05) is 29.3 Å².